The zero-order valence-corrected chi connectivity index (χ0v) is 20.2. The van der Waals surface area contributed by atoms with Crippen LogP contribution in [0.5, 0.6) is 0 Å². The molecule has 0 aliphatic carbocycles. The Labute approximate surface area is 191 Å². The molecule has 0 saturated carbocycles. The maximum Gasteiger partial charge on any atom is 0.317 e. The fourth-order valence-electron chi connectivity index (χ4n) is 3.35. The number of nitrogens with zero attached hydrogens (tertiary/aromatic N) is 2. The number of nitrogens with one attached hydrogen (secondary N) is 1. The first-order valence-corrected chi connectivity index (χ1v) is 11.5. The number of carboxylic acids is 1. The molecule has 0 spiro atoms. The molecular formula is C23H39N3O4S. The van der Waals surface area contributed by atoms with Gasteiger partial charge in [0.1, 0.15) is 11.7 Å². The number of aliphatic carboxylic acids is 1. The molecule has 0 radical (unpaired) electrons. The summed E-state index contributed by atoms with van der Waals surface area (Å²) in [6.45, 7) is 9.15. The Morgan fingerprint density at radius 3 is 2.68 bits per heavy atom. The number of hydrogen-bond acceptors (Lipinski definition) is 7. The van der Waals surface area contributed by atoms with Crippen LogP contribution >= 0.6 is 11.8 Å². The van der Waals surface area contributed by atoms with E-state index in [4.69, 9.17) is 9.84 Å². The van der Waals surface area contributed by atoms with Crippen LogP contribution < -0.4 is 5.32 Å². The maximum absolute atomic E-state index is 10.8. The molecule has 3 N–H and O–H groups in total. The molecule has 0 aromatic carbocycles. The minimum atomic E-state index is -0.952. The number of carboxylic acid groups (broad SMARTS) is 1. The molecule has 0 fully saturated rings. The number of aliphatic hydroxyl groups excluding tert-OH is 1. The van der Waals surface area contributed by atoms with Crippen LogP contribution in [0.1, 0.15) is 20.3 Å². The summed E-state index contributed by atoms with van der Waals surface area (Å²) in [5, 5.41) is 24.9. The van der Waals surface area contributed by atoms with Crippen LogP contribution in [-0.4, -0.2) is 78.6 Å². The summed E-state index contributed by atoms with van der Waals surface area (Å²) in [6.07, 6.45) is 10.2. The second-order valence-electron chi connectivity index (χ2n) is 8.10. The van der Waals surface area contributed by atoms with Crippen LogP contribution in [0.2, 0.25) is 0 Å². The minimum Gasteiger partial charge on any atom is -0.480 e. The molecule has 0 amide bonds. The smallest absolute Gasteiger partial charge is 0.317 e. The molecule has 1 aliphatic rings. The van der Waals surface area contributed by atoms with Gasteiger partial charge in [0.05, 0.1) is 13.2 Å². The van der Waals surface area contributed by atoms with Gasteiger partial charge in [0.15, 0.2) is 0 Å². The van der Waals surface area contributed by atoms with Crippen molar-refractivity contribution in [2.45, 2.75) is 32.0 Å². The molecule has 5 unspecified atom stereocenters. The summed E-state index contributed by atoms with van der Waals surface area (Å²) in [5.74, 6) is -0.572. The van der Waals surface area contributed by atoms with E-state index in [1.807, 2.05) is 25.2 Å². The summed E-state index contributed by atoms with van der Waals surface area (Å²) in [6, 6.07) is 0. The van der Waals surface area contributed by atoms with Gasteiger partial charge in [-0.1, -0.05) is 56.0 Å². The average Bonchev–Trinajstić information content (AvgIpc) is 3.20. The highest BCUT2D eigenvalue weighted by molar-refractivity contribution is 8.02. The summed E-state index contributed by atoms with van der Waals surface area (Å²) < 4.78 is 5.10. The number of likely N-dealkylation sites (N-methyl/N-ethyl adjacent to an activating group) is 1. The molecule has 1 aliphatic heterocycles. The Morgan fingerprint density at radius 2 is 2.06 bits per heavy atom. The van der Waals surface area contributed by atoms with Gasteiger partial charge < -0.3 is 20.3 Å². The molecule has 0 bridgehead atoms. The largest absolute Gasteiger partial charge is 0.480 e. The number of allylic oxidation sites excluding steroid dienone is 2. The van der Waals surface area contributed by atoms with E-state index < -0.39 is 12.2 Å². The summed E-state index contributed by atoms with van der Waals surface area (Å²) in [7, 11) is 5.39. The van der Waals surface area contributed by atoms with Crippen molar-refractivity contribution >= 4 is 17.7 Å². The molecule has 31 heavy (non-hydrogen) atoms. The van der Waals surface area contributed by atoms with Crippen LogP contribution in [0.15, 0.2) is 48.1 Å². The van der Waals surface area contributed by atoms with Gasteiger partial charge in [-0.2, -0.15) is 0 Å². The van der Waals surface area contributed by atoms with Gasteiger partial charge in [0.25, 0.3) is 0 Å². The SMILES string of the molecule is C=CCC(/C=C\COC)C1=CSC(N(C)CC(C)/C=C\C(C)C(O)N(C)CC(=O)O)N1. The highest BCUT2D eigenvalue weighted by atomic mass is 32.2. The van der Waals surface area contributed by atoms with Crippen molar-refractivity contribution in [3.63, 3.8) is 0 Å². The molecule has 0 aromatic rings. The summed E-state index contributed by atoms with van der Waals surface area (Å²) >= 11 is 1.76. The van der Waals surface area contributed by atoms with Gasteiger partial charge >= 0.3 is 5.97 Å². The number of carbonyl (C=O) groups is 1. The Balaban J connectivity index is 2.54. The number of methoxy groups -OCH3 is 1. The lowest BCUT2D eigenvalue weighted by Crippen LogP contribution is -2.40. The van der Waals surface area contributed by atoms with E-state index in [1.54, 1.807) is 25.9 Å². The normalized spacial score (nSPS) is 20.8. The second-order valence-corrected chi connectivity index (χ2v) is 9.06. The van der Waals surface area contributed by atoms with E-state index in [0.717, 1.165) is 13.0 Å². The Kier molecular flexibility index (Phi) is 12.8. The quantitative estimate of drug-likeness (QED) is 0.258. The molecule has 8 heteroatoms. The highest BCUT2D eigenvalue weighted by Gasteiger charge is 2.25. The van der Waals surface area contributed by atoms with Crippen LogP contribution in [-0.2, 0) is 9.53 Å². The van der Waals surface area contributed by atoms with E-state index in [9.17, 15) is 9.90 Å². The third-order valence-electron chi connectivity index (χ3n) is 5.09. The van der Waals surface area contributed by atoms with Gasteiger partial charge in [-0.05, 0) is 31.8 Å². The summed E-state index contributed by atoms with van der Waals surface area (Å²) in [5.41, 5.74) is 1.36. The van der Waals surface area contributed by atoms with E-state index in [-0.39, 0.29) is 29.8 Å². The van der Waals surface area contributed by atoms with Crippen molar-refractivity contribution in [2.75, 3.05) is 40.9 Å². The topological polar surface area (TPSA) is 85.3 Å². The predicted octanol–water partition coefficient (Wildman–Crippen LogP) is 2.94. The lowest BCUT2D eigenvalue weighted by atomic mass is 10.0. The fourth-order valence-corrected chi connectivity index (χ4v) is 4.36. The zero-order chi connectivity index (χ0) is 23.4. The van der Waals surface area contributed by atoms with Crippen LogP contribution in [0.3, 0.4) is 0 Å². The first kappa shape index (κ1) is 27.5. The van der Waals surface area contributed by atoms with Gasteiger partial charge in [0.2, 0.25) is 0 Å². The standard InChI is InChI=1S/C23H39N3O4S/c1-7-9-19(10-8-13-30-6)20-16-31-23(24-20)26(5)14-17(2)11-12-18(3)22(29)25(4)15-21(27)28/h7-8,10-12,16-19,22-24,29H,1,9,13-15H2,2-6H3,(H,27,28)/b10-8-,12-11-. The van der Waals surface area contributed by atoms with Gasteiger partial charge in [-0.3, -0.25) is 14.6 Å². The number of aliphatic hydroxyl groups is 1. The lowest BCUT2D eigenvalue weighted by molar-refractivity contribution is -0.141. The number of thioether (sulfide) groups is 1. The predicted molar refractivity (Wildman–Crippen MR) is 128 cm³/mol. The van der Waals surface area contributed by atoms with Crippen molar-refractivity contribution in [3.8, 4) is 0 Å². The van der Waals surface area contributed by atoms with E-state index in [1.165, 1.54) is 10.6 Å². The number of ether oxygens (including phenoxy) is 1. The number of hydrogen-bond donors (Lipinski definition) is 3. The first-order chi connectivity index (χ1) is 14.7. The molecule has 176 valence electrons. The fraction of sp³-hybridized carbons (Fsp3) is 0.609. The van der Waals surface area contributed by atoms with Crippen molar-refractivity contribution < 1.29 is 19.7 Å². The summed E-state index contributed by atoms with van der Waals surface area (Å²) in [4.78, 5) is 14.5. The van der Waals surface area contributed by atoms with Gasteiger partial charge in [0, 0.05) is 31.2 Å². The highest BCUT2D eigenvalue weighted by Crippen LogP contribution is 2.30. The first-order valence-electron chi connectivity index (χ1n) is 10.6. The van der Waals surface area contributed by atoms with E-state index >= 15 is 0 Å². The van der Waals surface area contributed by atoms with Crippen LogP contribution in [0, 0.1) is 17.8 Å². The number of rotatable bonds is 15. The molecule has 0 saturated heterocycles. The zero-order valence-electron chi connectivity index (χ0n) is 19.4. The molecule has 1 heterocycles. The van der Waals surface area contributed by atoms with Gasteiger partial charge in [-0.25, -0.2) is 0 Å². The maximum atomic E-state index is 10.8. The average molecular weight is 454 g/mol. The van der Waals surface area contributed by atoms with E-state index in [0.29, 0.717) is 6.61 Å². The third kappa shape index (κ3) is 10.1. The third-order valence-corrected chi connectivity index (χ3v) is 6.22. The second kappa shape index (κ2) is 14.5. The van der Waals surface area contributed by atoms with Crippen molar-refractivity contribution in [1.29, 1.82) is 0 Å². The van der Waals surface area contributed by atoms with Crippen LogP contribution in [0.4, 0.5) is 0 Å². The van der Waals surface area contributed by atoms with Crippen LogP contribution in [0.25, 0.3) is 0 Å². The molecule has 1 rings (SSSR count). The minimum absolute atomic E-state index is 0.164. The monoisotopic (exact) mass is 453 g/mol. The Bertz CT molecular complexity index is 653. The van der Waals surface area contributed by atoms with E-state index in [2.05, 4.69) is 48.3 Å². The Hall–Kier alpha value is -1.58. The van der Waals surface area contributed by atoms with Crippen molar-refractivity contribution in [1.82, 2.24) is 15.1 Å². The van der Waals surface area contributed by atoms with Crippen molar-refractivity contribution in [2.24, 2.45) is 17.8 Å². The molecule has 7 nitrogen and oxygen atoms in total. The molecular weight excluding hydrogens is 414 g/mol. The van der Waals surface area contributed by atoms with Crippen molar-refractivity contribution in [3.05, 3.63) is 48.1 Å². The lowest BCUT2D eigenvalue weighted by Gasteiger charge is -2.28. The molecule has 5 atom stereocenters. The molecule has 0 aromatic heterocycles. The van der Waals surface area contributed by atoms with Gasteiger partial charge in [-0.15, -0.1) is 6.58 Å². The Morgan fingerprint density at radius 1 is 1.35 bits per heavy atom.